The second kappa shape index (κ2) is 8.94. The highest BCUT2D eigenvalue weighted by Gasteiger charge is 2.31. The van der Waals surface area contributed by atoms with E-state index >= 15 is 0 Å². The Balaban J connectivity index is 1.62. The predicted molar refractivity (Wildman–Crippen MR) is 113 cm³/mol. The lowest BCUT2D eigenvalue weighted by molar-refractivity contribution is -0.121. The van der Waals surface area contributed by atoms with Crippen molar-refractivity contribution < 1.29 is 17.9 Å². The largest absolute Gasteiger partial charge is 0.495 e. The van der Waals surface area contributed by atoms with Gasteiger partial charge in [0.15, 0.2) is 0 Å². The summed E-state index contributed by atoms with van der Waals surface area (Å²) in [6, 6.07) is 13.7. The molecule has 0 spiro atoms. The summed E-state index contributed by atoms with van der Waals surface area (Å²) in [5, 5.41) is 2.93. The number of nitrogens with zero attached hydrogens (tertiary/aromatic N) is 2. The topological polar surface area (TPSA) is 79.0 Å². The Kier molecular flexibility index (Phi) is 6.56. The molecule has 1 heterocycles. The number of rotatable bonds is 6. The van der Waals surface area contributed by atoms with E-state index in [1.165, 1.54) is 4.31 Å². The van der Waals surface area contributed by atoms with Crippen LogP contribution in [-0.4, -0.2) is 62.9 Å². The maximum absolute atomic E-state index is 12.8. The first kappa shape index (κ1) is 21.3. The molecular weight excluding hydrogens is 390 g/mol. The van der Waals surface area contributed by atoms with E-state index in [9.17, 15) is 13.2 Å². The minimum atomic E-state index is -3.50. The number of nitrogens with one attached hydrogen (secondary N) is 1. The van der Waals surface area contributed by atoms with Crippen LogP contribution in [0.15, 0.2) is 53.4 Å². The fourth-order valence-electron chi connectivity index (χ4n) is 3.40. The third kappa shape index (κ3) is 4.77. The van der Waals surface area contributed by atoms with Crippen molar-refractivity contribution in [3.63, 3.8) is 0 Å². The smallest absolute Gasteiger partial charge is 0.243 e. The molecule has 1 N–H and O–H groups in total. The lowest BCUT2D eigenvalue weighted by Crippen LogP contribution is -2.53. The Bertz CT molecular complexity index is 955. The Morgan fingerprint density at radius 3 is 2.34 bits per heavy atom. The average molecular weight is 418 g/mol. The SMILES string of the molecule is COc1ccc(C)cc1NC(=O)[C@@H](C)N1CCN(S(=O)(=O)c2ccccc2)CC1. The molecule has 29 heavy (non-hydrogen) atoms. The summed E-state index contributed by atoms with van der Waals surface area (Å²) >= 11 is 0. The molecule has 0 aromatic heterocycles. The number of methoxy groups -OCH3 is 1. The van der Waals surface area contributed by atoms with Gasteiger partial charge in [-0.25, -0.2) is 8.42 Å². The van der Waals surface area contributed by atoms with Gasteiger partial charge in [-0.3, -0.25) is 9.69 Å². The Hall–Kier alpha value is -2.42. The summed E-state index contributed by atoms with van der Waals surface area (Å²) in [7, 11) is -1.94. The molecule has 3 rings (SSSR count). The van der Waals surface area contributed by atoms with Gasteiger partial charge in [-0.05, 0) is 43.7 Å². The minimum Gasteiger partial charge on any atom is -0.495 e. The highest BCUT2D eigenvalue weighted by atomic mass is 32.2. The van der Waals surface area contributed by atoms with Gasteiger partial charge in [0.2, 0.25) is 15.9 Å². The highest BCUT2D eigenvalue weighted by Crippen LogP contribution is 2.26. The Morgan fingerprint density at radius 2 is 1.72 bits per heavy atom. The van der Waals surface area contributed by atoms with Crippen LogP contribution in [0.3, 0.4) is 0 Å². The van der Waals surface area contributed by atoms with E-state index in [4.69, 9.17) is 4.74 Å². The molecule has 2 aromatic rings. The molecule has 0 saturated carbocycles. The number of sulfonamides is 1. The van der Waals surface area contributed by atoms with E-state index < -0.39 is 10.0 Å². The molecule has 1 amide bonds. The number of anilines is 1. The quantitative estimate of drug-likeness (QED) is 0.781. The summed E-state index contributed by atoms with van der Waals surface area (Å²) in [4.78, 5) is 15.0. The van der Waals surface area contributed by atoms with E-state index in [1.54, 1.807) is 37.4 Å². The summed E-state index contributed by atoms with van der Waals surface area (Å²) in [5.41, 5.74) is 1.66. The fraction of sp³-hybridized carbons (Fsp3) is 0.381. The number of benzene rings is 2. The fourth-order valence-corrected chi connectivity index (χ4v) is 4.84. The molecule has 0 aliphatic carbocycles. The number of carbonyl (C=O) groups is 1. The molecule has 1 atom stereocenters. The molecule has 0 unspecified atom stereocenters. The van der Waals surface area contributed by atoms with Gasteiger partial charge in [0.25, 0.3) is 0 Å². The summed E-state index contributed by atoms with van der Waals surface area (Å²) in [5.74, 6) is 0.461. The number of aryl methyl sites for hydroxylation is 1. The lowest BCUT2D eigenvalue weighted by Gasteiger charge is -2.36. The van der Waals surface area contributed by atoms with Crippen LogP contribution in [0, 0.1) is 6.92 Å². The van der Waals surface area contributed by atoms with Crippen LogP contribution in [0.4, 0.5) is 5.69 Å². The van der Waals surface area contributed by atoms with Gasteiger partial charge >= 0.3 is 0 Å². The van der Waals surface area contributed by atoms with Crippen molar-refractivity contribution >= 4 is 21.6 Å². The normalized spacial score (nSPS) is 16.9. The molecule has 8 heteroatoms. The molecular formula is C21H27N3O4S. The predicted octanol–water partition coefficient (Wildman–Crippen LogP) is 2.34. The second-order valence-electron chi connectivity index (χ2n) is 7.12. The van der Waals surface area contributed by atoms with Crippen molar-refractivity contribution in [2.75, 3.05) is 38.6 Å². The van der Waals surface area contributed by atoms with Gasteiger partial charge in [-0.15, -0.1) is 0 Å². The first-order valence-electron chi connectivity index (χ1n) is 9.57. The van der Waals surface area contributed by atoms with E-state index in [-0.39, 0.29) is 11.9 Å². The monoisotopic (exact) mass is 417 g/mol. The molecule has 1 aliphatic rings. The van der Waals surface area contributed by atoms with Crippen LogP contribution in [0.2, 0.25) is 0 Å². The van der Waals surface area contributed by atoms with Crippen LogP contribution in [0.1, 0.15) is 12.5 Å². The number of piperazine rings is 1. The second-order valence-corrected chi connectivity index (χ2v) is 9.06. The number of amides is 1. The van der Waals surface area contributed by atoms with Crippen molar-refractivity contribution in [2.24, 2.45) is 0 Å². The number of hydrogen-bond donors (Lipinski definition) is 1. The van der Waals surface area contributed by atoms with Crippen molar-refractivity contribution in [2.45, 2.75) is 24.8 Å². The van der Waals surface area contributed by atoms with E-state index in [0.29, 0.717) is 42.5 Å². The minimum absolute atomic E-state index is 0.145. The van der Waals surface area contributed by atoms with Gasteiger partial charge in [0.05, 0.1) is 23.7 Å². The zero-order chi connectivity index (χ0) is 21.0. The van der Waals surface area contributed by atoms with Crippen LogP contribution in [-0.2, 0) is 14.8 Å². The van der Waals surface area contributed by atoms with Crippen molar-refractivity contribution in [3.05, 3.63) is 54.1 Å². The summed E-state index contributed by atoms with van der Waals surface area (Å²) in [6.45, 7) is 5.46. The van der Waals surface area contributed by atoms with Gasteiger partial charge < -0.3 is 10.1 Å². The first-order valence-corrected chi connectivity index (χ1v) is 11.0. The van der Waals surface area contributed by atoms with Crippen LogP contribution < -0.4 is 10.1 Å². The van der Waals surface area contributed by atoms with Crippen LogP contribution in [0.5, 0.6) is 5.75 Å². The standard InChI is InChI=1S/C21H27N3O4S/c1-16-9-10-20(28-3)19(15-16)22-21(25)17(2)23-11-13-24(14-12-23)29(26,27)18-7-5-4-6-8-18/h4-10,15,17H,11-14H2,1-3H3,(H,22,25)/t17-/m1/s1. The molecule has 1 saturated heterocycles. The number of hydrogen-bond acceptors (Lipinski definition) is 5. The highest BCUT2D eigenvalue weighted by molar-refractivity contribution is 7.89. The third-order valence-corrected chi connectivity index (χ3v) is 7.11. The summed E-state index contributed by atoms with van der Waals surface area (Å²) in [6.07, 6.45) is 0. The van der Waals surface area contributed by atoms with Crippen molar-refractivity contribution in [1.82, 2.24) is 9.21 Å². The van der Waals surface area contributed by atoms with Crippen LogP contribution in [0.25, 0.3) is 0 Å². The maximum Gasteiger partial charge on any atom is 0.243 e. The van der Waals surface area contributed by atoms with Gasteiger partial charge in [-0.1, -0.05) is 24.3 Å². The molecule has 1 aliphatic heterocycles. The van der Waals surface area contributed by atoms with Crippen LogP contribution >= 0.6 is 0 Å². The molecule has 0 bridgehead atoms. The Labute approximate surface area is 172 Å². The summed E-state index contributed by atoms with van der Waals surface area (Å²) < 4.78 is 32.3. The molecule has 2 aromatic carbocycles. The van der Waals surface area contributed by atoms with Crippen molar-refractivity contribution in [3.8, 4) is 5.75 Å². The molecule has 7 nitrogen and oxygen atoms in total. The average Bonchev–Trinajstić information content (AvgIpc) is 2.74. The van der Waals surface area contributed by atoms with E-state index in [0.717, 1.165) is 5.56 Å². The third-order valence-electron chi connectivity index (χ3n) is 5.19. The number of ether oxygens (including phenoxy) is 1. The van der Waals surface area contributed by atoms with E-state index in [1.807, 2.05) is 36.9 Å². The number of carbonyl (C=O) groups excluding carboxylic acids is 1. The molecule has 156 valence electrons. The maximum atomic E-state index is 12.8. The first-order chi connectivity index (χ1) is 13.8. The zero-order valence-electron chi connectivity index (χ0n) is 17.0. The van der Waals surface area contributed by atoms with Gasteiger partial charge in [-0.2, -0.15) is 4.31 Å². The van der Waals surface area contributed by atoms with Gasteiger partial charge in [0, 0.05) is 26.2 Å². The van der Waals surface area contributed by atoms with Crippen molar-refractivity contribution in [1.29, 1.82) is 0 Å². The zero-order valence-corrected chi connectivity index (χ0v) is 17.8. The molecule has 0 radical (unpaired) electrons. The Morgan fingerprint density at radius 1 is 1.07 bits per heavy atom. The van der Waals surface area contributed by atoms with E-state index in [2.05, 4.69) is 5.32 Å². The van der Waals surface area contributed by atoms with Gasteiger partial charge in [0.1, 0.15) is 5.75 Å². The lowest BCUT2D eigenvalue weighted by atomic mass is 10.2. The molecule has 1 fully saturated rings.